The second kappa shape index (κ2) is 8.18. The molecule has 0 bridgehead atoms. The second-order valence-corrected chi connectivity index (χ2v) is 7.04. The molecule has 0 spiro atoms. The van der Waals surface area contributed by atoms with Crippen molar-refractivity contribution in [3.63, 3.8) is 0 Å². The number of hydrogen-bond acceptors (Lipinski definition) is 5. The van der Waals surface area contributed by atoms with E-state index in [0.29, 0.717) is 25.9 Å². The lowest BCUT2D eigenvalue weighted by atomic mass is 10.5. The summed E-state index contributed by atoms with van der Waals surface area (Å²) in [5.74, 6) is 0. The number of epoxide rings is 1. The lowest BCUT2D eigenvalue weighted by Gasteiger charge is -2.25. The molecule has 1 aliphatic heterocycles. The highest BCUT2D eigenvalue weighted by atomic mass is 28.4. The average Bonchev–Trinajstić information content (AvgIpc) is 3.16. The van der Waals surface area contributed by atoms with Crippen LogP contribution in [-0.2, 0) is 22.8 Å². The molecule has 0 amide bonds. The third kappa shape index (κ3) is 5.94. The Labute approximate surface area is 105 Å². The number of ether oxygens (including phenoxy) is 2. The fourth-order valence-electron chi connectivity index (χ4n) is 1.55. The van der Waals surface area contributed by atoms with E-state index in [1.54, 1.807) is 14.2 Å². The number of rotatable bonds is 11. The van der Waals surface area contributed by atoms with Gasteiger partial charge >= 0.3 is 8.80 Å². The first kappa shape index (κ1) is 15.1. The van der Waals surface area contributed by atoms with Crippen LogP contribution >= 0.6 is 0 Å². The van der Waals surface area contributed by atoms with Gasteiger partial charge in [0.05, 0.1) is 13.2 Å². The van der Waals surface area contributed by atoms with Crippen LogP contribution in [0, 0.1) is 0 Å². The summed E-state index contributed by atoms with van der Waals surface area (Å²) in [6, 6.07) is 0.858. The zero-order valence-corrected chi connectivity index (χ0v) is 12.1. The van der Waals surface area contributed by atoms with Crippen molar-refractivity contribution < 1.29 is 22.8 Å². The SMILES string of the molecule is CCC[Si](OC)(OC)OCCCOCC1CO1. The van der Waals surface area contributed by atoms with E-state index in [1.807, 2.05) is 0 Å². The van der Waals surface area contributed by atoms with E-state index in [2.05, 4.69) is 6.92 Å². The van der Waals surface area contributed by atoms with Gasteiger partial charge in [0.25, 0.3) is 0 Å². The van der Waals surface area contributed by atoms with Crippen LogP contribution in [0.5, 0.6) is 0 Å². The quantitative estimate of drug-likeness (QED) is 0.321. The molecule has 0 aromatic rings. The van der Waals surface area contributed by atoms with Crippen LogP contribution in [0.15, 0.2) is 0 Å². The van der Waals surface area contributed by atoms with Gasteiger partial charge in [-0.25, -0.2) is 0 Å². The minimum atomic E-state index is -2.39. The second-order valence-electron chi connectivity index (χ2n) is 4.07. The zero-order chi connectivity index (χ0) is 12.6. The summed E-state index contributed by atoms with van der Waals surface area (Å²) in [5, 5.41) is 0. The van der Waals surface area contributed by atoms with Crippen LogP contribution in [0.4, 0.5) is 0 Å². The normalized spacial score (nSPS) is 19.6. The maximum absolute atomic E-state index is 5.77. The third-order valence-corrected chi connectivity index (χ3v) is 5.64. The molecule has 1 rings (SSSR count). The van der Waals surface area contributed by atoms with E-state index in [1.165, 1.54) is 0 Å². The first-order valence-corrected chi connectivity index (χ1v) is 8.13. The van der Waals surface area contributed by atoms with E-state index in [4.69, 9.17) is 22.8 Å². The minimum absolute atomic E-state index is 0.336. The maximum Gasteiger partial charge on any atom is 0.500 e. The van der Waals surface area contributed by atoms with Crippen LogP contribution in [0.1, 0.15) is 19.8 Å². The maximum atomic E-state index is 5.77. The van der Waals surface area contributed by atoms with Crippen molar-refractivity contribution in [3.8, 4) is 0 Å². The Morgan fingerprint density at radius 3 is 2.47 bits per heavy atom. The van der Waals surface area contributed by atoms with E-state index < -0.39 is 8.80 Å². The van der Waals surface area contributed by atoms with Crippen LogP contribution < -0.4 is 0 Å². The van der Waals surface area contributed by atoms with Gasteiger partial charge in [0.2, 0.25) is 0 Å². The predicted molar refractivity (Wildman–Crippen MR) is 66.0 cm³/mol. The van der Waals surface area contributed by atoms with E-state index in [0.717, 1.165) is 25.5 Å². The number of hydrogen-bond donors (Lipinski definition) is 0. The Kier molecular flexibility index (Phi) is 7.25. The molecule has 0 radical (unpaired) electrons. The topological polar surface area (TPSA) is 49.5 Å². The lowest BCUT2D eigenvalue weighted by molar-refractivity contribution is 0.0711. The molecule has 1 fully saturated rings. The largest absolute Gasteiger partial charge is 0.500 e. The minimum Gasteiger partial charge on any atom is -0.379 e. The highest BCUT2D eigenvalue weighted by molar-refractivity contribution is 6.60. The Balaban J connectivity index is 2.04. The van der Waals surface area contributed by atoms with Crippen molar-refractivity contribution in [1.82, 2.24) is 0 Å². The summed E-state index contributed by atoms with van der Waals surface area (Å²) in [7, 11) is 0.925. The molecular formula is C11H24O5Si. The highest BCUT2D eigenvalue weighted by Crippen LogP contribution is 2.16. The molecule has 5 nitrogen and oxygen atoms in total. The smallest absolute Gasteiger partial charge is 0.379 e. The molecule has 0 aromatic carbocycles. The van der Waals surface area contributed by atoms with E-state index in [9.17, 15) is 0 Å². The predicted octanol–water partition coefficient (Wildman–Crippen LogP) is 1.45. The molecule has 1 heterocycles. The fraction of sp³-hybridized carbons (Fsp3) is 1.00. The molecule has 1 atom stereocenters. The third-order valence-electron chi connectivity index (χ3n) is 2.64. The summed E-state index contributed by atoms with van der Waals surface area (Å²) >= 11 is 0. The van der Waals surface area contributed by atoms with Crippen LogP contribution in [0.2, 0.25) is 6.04 Å². The first-order valence-electron chi connectivity index (χ1n) is 6.20. The molecule has 17 heavy (non-hydrogen) atoms. The lowest BCUT2D eigenvalue weighted by Crippen LogP contribution is -2.44. The fourth-order valence-corrected chi connectivity index (χ4v) is 3.57. The molecule has 0 N–H and O–H groups in total. The molecule has 1 unspecified atom stereocenters. The molecule has 6 heteroatoms. The highest BCUT2D eigenvalue weighted by Gasteiger charge is 2.37. The van der Waals surface area contributed by atoms with Crippen LogP contribution in [-0.4, -0.2) is 55.6 Å². The average molecular weight is 264 g/mol. The van der Waals surface area contributed by atoms with Crippen LogP contribution in [0.3, 0.4) is 0 Å². The molecule has 0 saturated carbocycles. The van der Waals surface area contributed by atoms with Gasteiger partial charge in [0.15, 0.2) is 0 Å². The molecule has 0 aromatic heterocycles. The van der Waals surface area contributed by atoms with Gasteiger partial charge in [0, 0.05) is 33.5 Å². The molecular weight excluding hydrogens is 240 g/mol. The van der Waals surface area contributed by atoms with Crippen molar-refractivity contribution in [3.05, 3.63) is 0 Å². The van der Waals surface area contributed by atoms with Crippen LogP contribution in [0.25, 0.3) is 0 Å². The molecule has 0 aliphatic carbocycles. The summed E-state index contributed by atoms with van der Waals surface area (Å²) in [6.07, 6.45) is 2.20. The van der Waals surface area contributed by atoms with Crippen molar-refractivity contribution in [2.45, 2.75) is 31.9 Å². The van der Waals surface area contributed by atoms with Crippen molar-refractivity contribution in [1.29, 1.82) is 0 Å². The molecule has 1 saturated heterocycles. The molecule has 102 valence electrons. The van der Waals surface area contributed by atoms with Crippen molar-refractivity contribution in [2.24, 2.45) is 0 Å². The summed E-state index contributed by atoms with van der Waals surface area (Å²) in [6.45, 7) is 4.97. The van der Waals surface area contributed by atoms with Gasteiger partial charge in [0.1, 0.15) is 6.10 Å². The summed E-state index contributed by atoms with van der Waals surface area (Å²) in [4.78, 5) is 0. The Bertz CT molecular complexity index is 194. The van der Waals surface area contributed by atoms with Gasteiger partial charge in [-0.3, -0.25) is 0 Å². The van der Waals surface area contributed by atoms with Gasteiger partial charge in [-0.05, 0) is 6.42 Å². The van der Waals surface area contributed by atoms with Gasteiger partial charge in [-0.2, -0.15) is 0 Å². The monoisotopic (exact) mass is 264 g/mol. The Morgan fingerprint density at radius 2 is 1.94 bits per heavy atom. The van der Waals surface area contributed by atoms with Crippen molar-refractivity contribution >= 4 is 8.80 Å². The van der Waals surface area contributed by atoms with Gasteiger partial charge in [-0.1, -0.05) is 13.3 Å². The van der Waals surface area contributed by atoms with E-state index >= 15 is 0 Å². The van der Waals surface area contributed by atoms with Gasteiger partial charge < -0.3 is 22.8 Å². The van der Waals surface area contributed by atoms with Crippen molar-refractivity contribution in [2.75, 3.05) is 40.6 Å². The first-order chi connectivity index (χ1) is 8.26. The van der Waals surface area contributed by atoms with Gasteiger partial charge in [-0.15, -0.1) is 0 Å². The zero-order valence-electron chi connectivity index (χ0n) is 11.1. The summed E-state index contributed by atoms with van der Waals surface area (Å²) < 4.78 is 27.1. The summed E-state index contributed by atoms with van der Waals surface area (Å²) in [5.41, 5.74) is 0. The molecule has 1 aliphatic rings. The van der Waals surface area contributed by atoms with E-state index in [-0.39, 0.29) is 0 Å². The standard InChI is InChI=1S/C11H24O5Si/c1-4-8-17(12-2,13-3)16-7-5-6-14-9-11-10-15-11/h11H,4-10H2,1-3H3. The Hall–Kier alpha value is 0.0169. The Morgan fingerprint density at radius 1 is 1.24 bits per heavy atom.